The zero-order valence-electron chi connectivity index (χ0n) is 13.4. The molecule has 3 rings (SSSR count). The molecule has 2 saturated carbocycles. The minimum atomic E-state index is 0.250. The van der Waals surface area contributed by atoms with Gasteiger partial charge in [-0.2, -0.15) is 0 Å². The van der Waals surface area contributed by atoms with Crippen LogP contribution in [0.25, 0.3) is 0 Å². The van der Waals surface area contributed by atoms with Crippen LogP contribution >= 0.6 is 0 Å². The van der Waals surface area contributed by atoms with E-state index in [9.17, 15) is 0 Å². The van der Waals surface area contributed by atoms with Gasteiger partial charge in [-0.25, -0.2) is 0 Å². The molecule has 0 spiro atoms. The fourth-order valence-corrected chi connectivity index (χ4v) is 4.14. The highest BCUT2D eigenvalue weighted by Crippen LogP contribution is 2.45. The number of rotatable bonds is 3. The van der Waals surface area contributed by atoms with Crippen molar-refractivity contribution in [2.45, 2.75) is 70.9 Å². The summed E-state index contributed by atoms with van der Waals surface area (Å²) in [4.78, 5) is 0. The van der Waals surface area contributed by atoms with Crippen molar-refractivity contribution >= 4 is 0 Å². The molecule has 2 aliphatic carbocycles. The van der Waals surface area contributed by atoms with Gasteiger partial charge < -0.3 is 5.32 Å². The molecule has 0 heterocycles. The lowest BCUT2D eigenvalue weighted by atomic mass is 9.86. The summed E-state index contributed by atoms with van der Waals surface area (Å²) in [5, 5.41) is 3.88. The normalized spacial score (nSPS) is 30.7. The first-order valence-corrected chi connectivity index (χ1v) is 8.30. The number of nitrogens with one attached hydrogen (secondary N) is 1. The van der Waals surface area contributed by atoms with Crippen molar-refractivity contribution in [1.29, 1.82) is 0 Å². The summed E-state index contributed by atoms with van der Waals surface area (Å²) in [5.41, 5.74) is 3.11. The molecule has 4 atom stereocenters. The zero-order chi connectivity index (χ0) is 14.3. The number of fused-ring (bicyclic) bond motifs is 2. The largest absolute Gasteiger partial charge is 0.307 e. The summed E-state index contributed by atoms with van der Waals surface area (Å²) in [6.45, 7) is 9.15. The lowest BCUT2D eigenvalue weighted by Crippen LogP contribution is -2.35. The van der Waals surface area contributed by atoms with Crippen molar-refractivity contribution in [3.63, 3.8) is 0 Å². The van der Waals surface area contributed by atoms with Gasteiger partial charge in [0.1, 0.15) is 0 Å². The topological polar surface area (TPSA) is 12.0 Å². The lowest BCUT2D eigenvalue weighted by Gasteiger charge is -2.27. The Morgan fingerprint density at radius 3 is 2.25 bits per heavy atom. The Bertz CT molecular complexity index is 454. The second kappa shape index (κ2) is 5.18. The Labute approximate surface area is 124 Å². The van der Waals surface area contributed by atoms with Gasteiger partial charge in [-0.3, -0.25) is 0 Å². The van der Waals surface area contributed by atoms with E-state index in [-0.39, 0.29) is 5.41 Å². The van der Waals surface area contributed by atoms with Crippen LogP contribution in [0, 0.1) is 11.8 Å². The fraction of sp³-hybridized carbons (Fsp3) is 0.684. The minimum Gasteiger partial charge on any atom is -0.307 e. The summed E-state index contributed by atoms with van der Waals surface area (Å²) in [6.07, 6.45) is 5.83. The van der Waals surface area contributed by atoms with E-state index in [1.807, 2.05) is 0 Å². The van der Waals surface area contributed by atoms with Crippen molar-refractivity contribution in [3.8, 4) is 0 Å². The standard InChI is InChI=1S/C19H29N/c1-13(20-18-12-14-5-6-16(18)11-14)15-7-9-17(10-8-15)19(2,3)4/h7-10,13-14,16,18,20H,5-6,11-12H2,1-4H3. The second-order valence-corrected chi connectivity index (χ2v) is 8.04. The molecule has 0 saturated heterocycles. The molecule has 20 heavy (non-hydrogen) atoms. The van der Waals surface area contributed by atoms with Gasteiger partial charge in [-0.1, -0.05) is 51.5 Å². The quantitative estimate of drug-likeness (QED) is 0.831. The predicted molar refractivity (Wildman–Crippen MR) is 85.9 cm³/mol. The Morgan fingerprint density at radius 1 is 1.05 bits per heavy atom. The summed E-state index contributed by atoms with van der Waals surface area (Å²) >= 11 is 0. The van der Waals surface area contributed by atoms with Crippen LogP contribution in [0.4, 0.5) is 0 Å². The van der Waals surface area contributed by atoms with Crippen molar-refractivity contribution in [1.82, 2.24) is 5.32 Å². The molecular weight excluding hydrogens is 242 g/mol. The number of hydrogen-bond donors (Lipinski definition) is 1. The fourth-order valence-electron chi connectivity index (χ4n) is 4.14. The van der Waals surface area contributed by atoms with E-state index < -0.39 is 0 Å². The molecule has 4 unspecified atom stereocenters. The molecule has 0 radical (unpaired) electrons. The Balaban J connectivity index is 1.64. The van der Waals surface area contributed by atoms with Crippen molar-refractivity contribution in [2.75, 3.05) is 0 Å². The van der Waals surface area contributed by atoms with E-state index in [2.05, 4.69) is 57.3 Å². The second-order valence-electron chi connectivity index (χ2n) is 8.04. The molecule has 1 aromatic rings. The first-order valence-electron chi connectivity index (χ1n) is 8.30. The molecule has 0 aromatic heterocycles. The molecule has 1 aromatic carbocycles. The molecule has 0 amide bonds. The van der Waals surface area contributed by atoms with Crippen LogP contribution in [0.3, 0.4) is 0 Å². The van der Waals surface area contributed by atoms with Crippen LogP contribution in [0.1, 0.15) is 70.5 Å². The third-order valence-corrected chi connectivity index (χ3v) is 5.48. The van der Waals surface area contributed by atoms with Gasteiger partial charge >= 0.3 is 0 Å². The maximum absolute atomic E-state index is 3.88. The van der Waals surface area contributed by atoms with E-state index >= 15 is 0 Å². The molecule has 1 nitrogen and oxygen atoms in total. The van der Waals surface area contributed by atoms with Crippen LogP contribution in [0.2, 0.25) is 0 Å². The van der Waals surface area contributed by atoms with Gasteiger partial charge in [0, 0.05) is 12.1 Å². The highest BCUT2D eigenvalue weighted by molar-refractivity contribution is 5.29. The predicted octanol–water partition coefficient (Wildman–Crippen LogP) is 4.82. The van der Waals surface area contributed by atoms with E-state index in [1.54, 1.807) is 0 Å². The van der Waals surface area contributed by atoms with Crippen LogP contribution in [-0.4, -0.2) is 6.04 Å². The van der Waals surface area contributed by atoms with Gasteiger partial charge in [0.2, 0.25) is 0 Å². The lowest BCUT2D eigenvalue weighted by molar-refractivity contribution is 0.327. The summed E-state index contributed by atoms with van der Waals surface area (Å²) in [7, 11) is 0. The maximum atomic E-state index is 3.88. The molecular formula is C19H29N. The van der Waals surface area contributed by atoms with Gasteiger partial charge in [-0.05, 0) is 54.6 Å². The Kier molecular flexibility index (Phi) is 3.66. The van der Waals surface area contributed by atoms with Gasteiger partial charge in [0.15, 0.2) is 0 Å². The average Bonchev–Trinajstić information content (AvgIpc) is 3.00. The van der Waals surface area contributed by atoms with E-state index in [0.29, 0.717) is 6.04 Å². The SMILES string of the molecule is CC(NC1CC2CCC1C2)c1ccc(C(C)(C)C)cc1. The summed E-state index contributed by atoms with van der Waals surface area (Å²) in [6, 6.07) is 10.5. The van der Waals surface area contributed by atoms with E-state index in [0.717, 1.165) is 17.9 Å². The van der Waals surface area contributed by atoms with Gasteiger partial charge in [0.25, 0.3) is 0 Å². The van der Waals surface area contributed by atoms with Gasteiger partial charge in [-0.15, -0.1) is 0 Å². The Hall–Kier alpha value is -0.820. The summed E-state index contributed by atoms with van der Waals surface area (Å²) < 4.78 is 0. The molecule has 2 bridgehead atoms. The van der Waals surface area contributed by atoms with Crippen molar-refractivity contribution in [2.24, 2.45) is 11.8 Å². The average molecular weight is 271 g/mol. The molecule has 1 N–H and O–H groups in total. The molecule has 2 aliphatic rings. The van der Waals surface area contributed by atoms with Gasteiger partial charge in [0.05, 0.1) is 0 Å². The smallest absolute Gasteiger partial charge is 0.0294 e. The molecule has 0 aliphatic heterocycles. The first-order chi connectivity index (χ1) is 9.43. The summed E-state index contributed by atoms with van der Waals surface area (Å²) in [5.74, 6) is 1.98. The van der Waals surface area contributed by atoms with E-state index in [1.165, 1.54) is 36.8 Å². The van der Waals surface area contributed by atoms with Crippen LogP contribution in [0.15, 0.2) is 24.3 Å². The number of hydrogen-bond acceptors (Lipinski definition) is 1. The maximum Gasteiger partial charge on any atom is 0.0294 e. The third-order valence-electron chi connectivity index (χ3n) is 5.48. The highest BCUT2D eigenvalue weighted by Gasteiger charge is 2.39. The third kappa shape index (κ3) is 2.79. The number of benzene rings is 1. The monoisotopic (exact) mass is 271 g/mol. The van der Waals surface area contributed by atoms with Crippen LogP contribution < -0.4 is 5.32 Å². The minimum absolute atomic E-state index is 0.250. The molecule has 2 fully saturated rings. The van der Waals surface area contributed by atoms with Crippen LogP contribution in [-0.2, 0) is 5.41 Å². The Morgan fingerprint density at radius 2 is 1.75 bits per heavy atom. The van der Waals surface area contributed by atoms with Crippen molar-refractivity contribution in [3.05, 3.63) is 35.4 Å². The van der Waals surface area contributed by atoms with E-state index in [4.69, 9.17) is 0 Å². The first kappa shape index (κ1) is 14.1. The molecule has 110 valence electrons. The van der Waals surface area contributed by atoms with Crippen molar-refractivity contribution < 1.29 is 0 Å². The zero-order valence-corrected chi connectivity index (χ0v) is 13.4. The van der Waals surface area contributed by atoms with Crippen LogP contribution in [0.5, 0.6) is 0 Å². The highest BCUT2D eigenvalue weighted by atomic mass is 15.0. The molecule has 1 heteroatoms.